The van der Waals surface area contributed by atoms with E-state index in [2.05, 4.69) is 75.0 Å². The average molecular weight is 421 g/mol. The molecule has 1 atom stereocenters. The number of nitrogens with zero attached hydrogens (tertiary/aromatic N) is 6. The van der Waals surface area contributed by atoms with E-state index >= 15 is 0 Å². The van der Waals surface area contributed by atoms with Gasteiger partial charge in [0, 0.05) is 19.6 Å². The normalized spacial score (nSPS) is 14.5. The van der Waals surface area contributed by atoms with Crippen molar-refractivity contribution in [3.05, 3.63) is 113 Å². The second-order valence-corrected chi connectivity index (χ2v) is 8.12. The zero-order valence-corrected chi connectivity index (χ0v) is 17.8. The van der Waals surface area contributed by atoms with Crippen molar-refractivity contribution < 1.29 is 0 Å². The van der Waals surface area contributed by atoms with Crippen LogP contribution in [0.4, 0.5) is 0 Å². The van der Waals surface area contributed by atoms with Crippen LogP contribution < -0.4 is 0 Å². The highest BCUT2D eigenvalue weighted by atomic mass is 15.5. The zero-order valence-electron chi connectivity index (χ0n) is 17.8. The van der Waals surface area contributed by atoms with Crippen LogP contribution in [0.5, 0.6) is 0 Å². The van der Waals surface area contributed by atoms with Gasteiger partial charge in [0.2, 0.25) is 0 Å². The van der Waals surface area contributed by atoms with E-state index in [9.17, 15) is 5.26 Å². The van der Waals surface area contributed by atoms with Crippen molar-refractivity contribution in [2.45, 2.75) is 32.0 Å². The molecule has 6 heteroatoms. The van der Waals surface area contributed by atoms with Crippen molar-refractivity contribution in [2.75, 3.05) is 6.54 Å². The van der Waals surface area contributed by atoms with Gasteiger partial charge in [-0.3, -0.25) is 4.90 Å². The molecule has 32 heavy (non-hydrogen) atoms. The predicted molar refractivity (Wildman–Crippen MR) is 122 cm³/mol. The molecule has 3 aromatic carbocycles. The maximum absolute atomic E-state index is 9.23. The molecule has 0 aliphatic carbocycles. The lowest BCUT2D eigenvalue weighted by molar-refractivity contribution is 0.194. The summed E-state index contributed by atoms with van der Waals surface area (Å²) in [6, 6.07) is 29.0. The SMILES string of the molecule is N#Cc1ccc([C@@H](c2nnnn2CCc2ccccc2)N2CCc3ccccc3C2)cc1. The molecule has 0 saturated heterocycles. The van der Waals surface area contributed by atoms with Gasteiger partial charge in [-0.15, -0.1) is 5.10 Å². The van der Waals surface area contributed by atoms with Crippen LogP contribution in [0.2, 0.25) is 0 Å². The number of nitriles is 1. The Morgan fingerprint density at radius 3 is 2.44 bits per heavy atom. The van der Waals surface area contributed by atoms with Crippen LogP contribution in [0.25, 0.3) is 0 Å². The second-order valence-electron chi connectivity index (χ2n) is 8.12. The Morgan fingerprint density at radius 1 is 0.906 bits per heavy atom. The van der Waals surface area contributed by atoms with E-state index < -0.39 is 0 Å². The first-order valence-corrected chi connectivity index (χ1v) is 10.9. The molecule has 5 rings (SSSR count). The average Bonchev–Trinajstić information content (AvgIpc) is 3.32. The summed E-state index contributed by atoms with van der Waals surface area (Å²) < 4.78 is 1.93. The summed E-state index contributed by atoms with van der Waals surface area (Å²) in [7, 11) is 0. The third-order valence-electron chi connectivity index (χ3n) is 6.14. The van der Waals surface area contributed by atoms with Crippen LogP contribution in [0, 0.1) is 11.3 Å². The van der Waals surface area contributed by atoms with Crippen LogP contribution in [-0.2, 0) is 25.9 Å². The minimum Gasteiger partial charge on any atom is -0.285 e. The van der Waals surface area contributed by atoms with Crippen LogP contribution >= 0.6 is 0 Å². The Bertz CT molecular complexity index is 1220. The standard InChI is InChI=1S/C26H24N6/c27-18-21-10-12-23(13-11-21)25(31-16-15-22-8-4-5-9-24(22)19-31)26-28-29-30-32(26)17-14-20-6-2-1-3-7-20/h1-13,25H,14-17,19H2/t25-/m0/s1. The molecule has 1 aliphatic heterocycles. The third kappa shape index (κ3) is 4.16. The topological polar surface area (TPSA) is 70.6 Å². The van der Waals surface area contributed by atoms with Crippen LogP contribution in [0.1, 0.15) is 39.7 Å². The number of aryl methyl sites for hydroxylation is 2. The van der Waals surface area contributed by atoms with E-state index in [1.165, 1.54) is 16.7 Å². The number of tetrazole rings is 1. The highest BCUT2D eigenvalue weighted by Gasteiger charge is 2.30. The van der Waals surface area contributed by atoms with Crippen LogP contribution in [0.3, 0.4) is 0 Å². The van der Waals surface area contributed by atoms with Crippen molar-refractivity contribution in [3.63, 3.8) is 0 Å². The molecule has 0 saturated carbocycles. The molecular formula is C26H24N6. The van der Waals surface area contributed by atoms with E-state index in [0.717, 1.165) is 37.3 Å². The van der Waals surface area contributed by atoms with Gasteiger partial charge in [0.25, 0.3) is 0 Å². The summed E-state index contributed by atoms with van der Waals surface area (Å²) >= 11 is 0. The molecular weight excluding hydrogens is 396 g/mol. The summed E-state index contributed by atoms with van der Waals surface area (Å²) in [5, 5.41) is 22.1. The summed E-state index contributed by atoms with van der Waals surface area (Å²) in [4.78, 5) is 2.44. The lowest BCUT2D eigenvalue weighted by Crippen LogP contribution is -2.36. The molecule has 0 spiro atoms. The van der Waals surface area contributed by atoms with Gasteiger partial charge in [-0.05, 0) is 57.7 Å². The van der Waals surface area contributed by atoms with Crippen LogP contribution in [0.15, 0.2) is 78.9 Å². The van der Waals surface area contributed by atoms with Gasteiger partial charge in [-0.25, -0.2) is 4.68 Å². The van der Waals surface area contributed by atoms with Crippen molar-refractivity contribution in [2.24, 2.45) is 0 Å². The highest BCUT2D eigenvalue weighted by Crippen LogP contribution is 2.32. The number of hydrogen-bond acceptors (Lipinski definition) is 5. The van der Waals surface area contributed by atoms with Crippen molar-refractivity contribution in [1.82, 2.24) is 25.1 Å². The fourth-order valence-electron chi connectivity index (χ4n) is 4.45. The summed E-state index contributed by atoms with van der Waals surface area (Å²) in [5.41, 5.74) is 5.77. The first-order chi connectivity index (χ1) is 15.8. The third-order valence-corrected chi connectivity index (χ3v) is 6.14. The molecule has 4 aromatic rings. The lowest BCUT2D eigenvalue weighted by atomic mass is 9.95. The first-order valence-electron chi connectivity index (χ1n) is 10.9. The Balaban J connectivity index is 1.48. The molecule has 1 aliphatic rings. The maximum atomic E-state index is 9.23. The number of rotatable bonds is 6. The maximum Gasteiger partial charge on any atom is 0.173 e. The molecule has 2 heterocycles. The summed E-state index contributed by atoms with van der Waals surface area (Å²) in [6.45, 7) is 2.48. The number of fused-ring (bicyclic) bond motifs is 1. The first kappa shape index (κ1) is 20.1. The second kappa shape index (κ2) is 9.13. The van der Waals surface area contributed by atoms with Crippen molar-refractivity contribution in [3.8, 4) is 6.07 Å². The monoisotopic (exact) mass is 420 g/mol. The lowest BCUT2D eigenvalue weighted by Gasteiger charge is -2.35. The number of hydrogen-bond donors (Lipinski definition) is 0. The van der Waals surface area contributed by atoms with Crippen molar-refractivity contribution >= 4 is 0 Å². The van der Waals surface area contributed by atoms with Gasteiger partial charge in [0.05, 0.1) is 17.7 Å². The van der Waals surface area contributed by atoms with Crippen LogP contribution in [-0.4, -0.2) is 31.7 Å². The fourth-order valence-corrected chi connectivity index (χ4v) is 4.45. The van der Waals surface area contributed by atoms with E-state index in [-0.39, 0.29) is 6.04 Å². The number of benzene rings is 3. The fraction of sp³-hybridized carbons (Fsp3) is 0.231. The smallest absolute Gasteiger partial charge is 0.173 e. The Hall–Kier alpha value is -3.82. The Labute approximate surface area is 187 Å². The van der Waals surface area contributed by atoms with Gasteiger partial charge in [0.15, 0.2) is 5.82 Å². The molecule has 0 N–H and O–H groups in total. The minimum absolute atomic E-state index is 0.0816. The highest BCUT2D eigenvalue weighted by molar-refractivity contribution is 5.36. The summed E-state index contributed by atoms with van der Waals surface area (Å²) in [6.07, 6.45) is 1.86. The van der Waals surface area contributed by atoms with E-state index in [1.807, 2.05) is 35.0 Å². The van der Waals surface area contributed by atoms with Gasteiger partial charge >= 0.3 is 0 Å². The van der Waals surface area contributed by atoms with Gasteiger partial charge in [-0.2, -0.15) is 5.26 Å². The largest absolute Gasteiger partial charge is 0.285 e. The molecule has 6 nitrogen and oxygen atoms in total. The molecule has 0 bridgehead atoms. The number of aromatic nitrogens is 4. The van der Waals surface area contributed by atoms with Crippen molar-refractivity contribution in [1.29, 1.82) is 5.26 Å². The quantitative estimate of drug-likeness (QED) is 0.473. The molecule has 1 aromatic heterocycles. The zero-order chi connectivity index (χ0) is 21.8. The van der Waals surface area contributed by atoms with Gasteiger partial charge in [-0.1, -0.05) is 66.7 Å². The van der Waals surface area contributed by atoms with Gasteiger partial charge in [0.1, 0.15) is 0 Å². The molecule has 0 radical (unpaired) electrons. The molecule has 0 amide bonds. The van der Waals surface area contributed by atoms with E-state index in [4.69, 9.17) is 0 Å². The minimum atomic E-state index is -0.0816. The van der Waals surface area contributed by atoms with E-state index in [0.29, 0.717) is 12.1 Å². The van der Waals surface area contributed by atoms with Gasteiger partial charge < -0.3 is 0 Å². The molecule has 158 valence electrons. The van der Waals surface area contributed by atoms with E-state index in [1.54, 1.807) is 0 Å². The molecule has 0 unspecified atom stereocenters. The summed E-state index contributed by atoms with van der Waals surface area (Å²) in [5.74, 6) is 0.838. The predicted octanol–water partition coefficient (Wildman–Crippen LogP) is 3.94. The molecule has 0 fully saturated rings. The Morgan fingerprint density at radius 2 is 1.66 bits per heavy atom. The Kier molecular flexibility index (Phi) is 5.73.